The van der Waals surface area contributed by atoms with Gasteiger partial charge in [-0.3, -0.25) is 0 Å². The zero-order valence-electron chi connectivity index (χ0n) is 18.6. The number of benzene rings is 1. The second-order valence-electron chi connectivity index (χ2n) is 6.88. The molecule has 1 heterocycles. The van der Waals surface area contributed by atoms with Gasteiger partial charge >= 0.3 is 5.97 Å². The van der Waals surface area contributed by atoms with Crippen LogP contribution in [0.15, 0.2) is 41.6 Å². The molecule has 0 aliphatic carbocycles. The lowest BCUT2D eigenvalue weighted by Crippen LogP contribution is -2.17. The summed E-state index contributed by atoms with van der Waals surface area (Å²) < 4.78 is 27.3. The van der Waals surface area contributed by atoms with E-state index in [9.17, 15) is 10.0 Å². The van der Waals surface area contributed by atoms with Gasteiger partial charge in [-0.1, -0.05) is 18.2 Å². The number of ether oxygens (including phenoxy) is 5. The number of carbonyl (C=O) groups is 1. The first-order valence-corrected chi connectivity index (χ1v) is 10.6. The van der Waals surface area contributed by atoms with Gasteiger partial charge in [0.25, 0.3) is 0 Å². The highest BCUT2D eigenvalue weighted by molar-refractivity contribution is 6.01. The highest BCUT2D eigenvalue weighted by Gasteiger charge is 2.22. The summed E-state index contributed by atoms with van der Waals surface area (Å²) in [6.07, 6.45) is 8.24. The first-order valence-electron chi connectivity index (χ1n) is 10.6. The number of cyclic esters (lactones) is 1. The third-order valence-corrected chi connectivity index (χ3v) is 4.48. The molecule has 9 heteroatoms. The number of rotatable bonds is 8. The average molecular weight is 448 g/mol. The molecular weight excluding hydrogens is 416 g/mol. The molecule has 0 saturated carbocycles. The first-order chi connectivity index (χ1) is 15.6. The minimum absolute atomic E-state index is 0.0251. The summed E-state index contributed by atoms with van der Waals surface area (Å²) in [4.78, 5) is 13.0. The molecule has 1 aromatic rings. The van der Waals surface area contributed by atoms with Crippen LogP contribution in [0.2, 0.25) is 0 Å². The van der Waals surface area contributed by atoms with Crippen LogP contribution in [0.5, 0.6) is 11.5 Å². The molecule has 1 atom stereocenters. The van der Waals surface area contributed by atoms with Crippen LogP contribution in [0, 0.1) is 5.21 Å². The minimum Gasteiger partial charge on any atom is -0.792 e. The SMILES string of the molecule is CCOCOc1cc2c(c(OCOCC)c1)C(=O)OCC/C=C/C(N)C/C=C/C(=N/[O-])C2. The van der Waals surface area contributed by atoms with Gasteiger partial charge in [-0.2, -0.15) is 0 Å². The first kappa shape index (κ1) is 25.4. The molecule has 1 aliphatic rings. The largest absolute Gasteiger partial charge is 0.792 e. The summed E-state index contributed by atoms with van der Waals surface area (Å²) >= 11 is 0. The number of nitrogens with zero attached hydrogens (tertiary/aromatic N) is 1. The number of allylic oxidation sites excluding steroid dienone is 1. The van der Waals surface area contributed by atoms with Gasteiger partial charge in [0, 0.05) is 37.5 Å². The lowest BCUT2D eigenvalue weighted by molar-refractivity contribution is 0.0171. The van der Waals surface area contributed by atoms with Crippen molar-refractivity contribution in [2.75, 3.05) is 33.4 Å². The fraction of sp³-hybridized carbons (Fsp3) is 0.478. The molecule has 0 radical (unpaired) electrons. The molecule has 0 amide bonds. The van der Waals surface area contributed by atoms with Gasteiger partial charge in [-0.25, -0.2) is 4.79 Å². The zero-order valence-corrected chi connectivity index (χ0v) is 18.6. The molecule has 0 aromatic heterocycles. The molecule has 32 heavy (non-hydrogen) atoms. The summed E-state index contributed by atoms with van der Waals surface area (Å²) in [7, 11) is 0. The van der Waals surface area contributed by atoms with Crippen LogP contribution in [-0.4, -0.2) is 51.1 Å². The highest BCUT2D eigenvalue weighted by Crippen LogP contribution is 2.31. The highest BCUT2D eigenvalue weighted by atomic mass is 16.7. The van der Waals surface area contributed by atoms with Crippen molar-refractivity contribution in [1.82, 2.24) is 0 Å². The average Bonchev–Trinajstić information content (AvgIpc) is 2.77. The fourth-order valence-corrected chi connectivity index (χ4v) is 2.91. The van der Waals surface area contributed by atoms with E-state index in [4.69, 9.17) is 29.4 Å². The maximum atomic E-state index is 13.0. The predicted molar refractivity (Wildman–Crippen MR) is 121 cm³/mol. The molecule has 0 bridgehead atoms. The second kappa shape index (κ2) is 14.2. The van der Waals surface area contributed by atoms with Crippen molar-refractivity contribution in [1.29, 1.82) is 0 Å². The number of fused-ring (bicyclic) bond motifs is 1. The summed E-state index contributed by atoms with van der Waals surface area (Å²) in [6.45, 7) is 4.75. The third-order valence-electron chi connectivity index (χ3n) is 4.48. The van der Waals surface area contributed by atoms with Gasteiger partial charge in [0.05, 0.1) is 6.61 Å². The summed E-state index contributed by atoms with van der Waals surface area (Å²) in [5.74, 6) is 0.0648. The molecule has 2 N–H and O–H groups in total. The van der Waals surface area contributed by atoms with E-state index in [1.54, 1.807) is 24.3 Å². The Morgan fingerprint density at radius 3 is 2.62 bits per heavy atom. The lowest BCUT2D eigenvalue weighted by Gasteiger charge is -2.18. The molecule has 1 aromatic carbocycles. The normalized spacial score (nSPS) is 20.7. The van der Waals surface area contributed by atoms with Crippen molar-refractivity contribution < 1.29 is 28.5 Å². The molecule has 0 spiro atoms. The Morgan fingerprint density at radius 2 is 1.91 bits per heavy atom. The van der Waals surface area contributed by atoms with E-state index < -0.39 is 5.97 Å². The van der Waals surface area contributed by atoms with Crippen molar-refractivity contribution in [3.63, 3.8) is 0 Å². The monoisotopic (exact) mass is 447 g/mol. The maximum absolute atomic E-state index is 13.0. The Balaban J connectivity index is 2.47. The van der Waals surface area contributed by atoms with E-state index in [0.717, 1.165) is 0 Å². The number of carbonyl (C=O) groups excluding carboxylic acids is 1. The predicted octanol–water partition coefficient (Wildman–Crippen LogP) is 3.30. The molecule has 1 unspecified atom stereocenters. The number of hydrogen-bond acceptors (Lipinski definition) is 9. The van der Waals surface area contributed by atoms with Crippen molar-refractivity contribution in [2.24, 2.45) is 10.9 Å². The molecule has 0 fully saturated rings. The van der Waals surface area contributed by atoms with E-state index in [1.165, 1.54) is 0 Å². The number of hydrogen-bond donors (Lipinski definition) is 1. The maximum Gasteiger partial charge on any atom is 0.342 e. The van der Waals surface area contributed by atoms with Crippen LogP contribution < -0.4 is 15.2 Å². The standard InChI is InChI=1S/C23H32N2O7/c1-3-28-15-31-20-13-17-12-19(25-27)10-7-9-18(24)8-5-6-11-30-23(26)22(17)21(14-20)32-16-29-4-2/h5,7-8,10,13-14,18,27H,3-4,6,9,11-12,15-16,24H2,1-2H3/p-1/b8-5+,10-7+,25-19-. The molecule has 176 valence electrons. The Labute approximate surface area is 188 Å². The van der Waals surface area contributed by atoms with Crippen molar-refractivity contribution >= 4 is 11.7 Å². The fourth-order valence-electron chi connectivity index (χ4n) is 2.91. The Kier molecular flexibility index (Phi) is 11.3. The smallest absolute Gasteiger partial charge is 0.342 e. The van der Waals surface area contributed by atoms with Gasteiger partial charge in [-0.05, 0) is 44.4 Å². The van der Waals surface area contributed by atoms with Gasteiger partial charge in [0.2, 0.25) is 0 Å². The molecule has 0 saturated heterocycles. The number of nitrogens with two attached hydrogens (primary N) is 1. The van der Waals surface area contributed by atoms with Gasteiger partial charge < -0.3 is 39.8 Å². The topological polar surface area (TPSA) is 125 Å². The van der Waals surface area contributed by atoms with Crippen molar-refractivity contribution in [3.8, 4) is 11.5 Å². The van der Waals surface area contributed by atoms with Crippen LogP contribution in [0.4, 0.5) is 0 Å². The van der Waals surface area contributed by atoms with E-state index in [-0.39, 0.29) is 49.7 Å². The Hall–Kier alpha value is -2.88. The van der Waals surface area contributed by atoms with Crippen LogP contribution >= 0.6 is 0 Å². The van der Waals surface area contributed by atoms with E-state index in [1.807, 2.05) is 26.0 Å². The van der Waals surface area contributed by atoms with Gasteiger partial charge in [0.1, 0.15) is 17.1 Å². The van der Waals surface area contributed by atoms with E-state index in [2.05, 4.69) is 5.16 Å². The summed E-state index contributed by atoms with van der Waals surface area (Å²) in [6, 6.07) is 3.02. The molecular formula is C23H31N2O7-. The summed E-state index contributed by atoms with van der Waals surface area (Å²) in [5, 5.41) is 14.6. The van der Waals surface area contributed by atoms with Crippen LogP contribution in [0.3, 0.4) is 0 Å². The van der Waals surface area contributed by atoms with Crippen molar-refractivity contribution in [2.45, 2.75) is 39.2 Å². The quantitative estimate of drug-likeness (QED) is 0.212. The number of esters is 1. The van der Waals surface area contributed by atoms with Crippen LogP contribution in [0.25, 0.3) is 0 Å². The minimum atomic E-state index is -0.577. The van der Waals surface area contributed by atoms with E-state index >= 15 is 0 Å². The third kappa shape index (κ3) is 8.33. The Morgan fingerprint density at radius 1 is 1.16 bits per heavy atom. The zero-order chi connectivity index (χ0) is 23.2. The van der Waals surface area contributed by atoms with Gasteiger partial charge in [-0.15, -0.1) is 0 Å². The Bertz CT molecular complexity index is 821. The molecule has 2 rings (SSSR count). The lowest BCUT2D eigenvalue weighted by atomic mass is 9.99. The summed E-state index contributed by atoms with van der Waals surface area (Å²) in [5.41, 5.74) is 6.91. The van der Waals surface area contributed by atoms with Crippen LogP contribution in [-0.2, 0) is 20.6 Å². The van der Waals surface area contributed by atoms with Crippen molar-refractivity contribution in [3.05, 3.63) is 52.8 Å². The van der Waals surface area contributed by atoms with E-state index in [0.29, 0.717) is 37.4 Å². The molecule has 9 nitrogen and oxygen atoms in total. The van der Waals surface area contributed by atoms with Crippen LogP contribution in [0.1, 0.15) is 42.6 Å². The molecule has 1 aliphatic heterocycles. The second-order valence-corrected chi connectivity index (χ2v) is 6.88. The van der Waals surface area contributed by atoms with Gasteiger partial charge in [0.15, 0.2) is 13.6 Å².